The van der Waals surface area contributed by atoms with Crippen LogP contribution >= 0.6 is 0 Å². The van der Waals surface area contributed by atoms with Gasteiger partial charge in [0.05, 0.1) is 11.5 Å². The van der Waals surface area contributed by atoms with Crippen molar-refractivity contribution in [3.05, 3.63) is 65.0 Å². The van der Waals surface area contributed by atoms with Gasteiger partial charge in [0.15, 0.2) is 0 Å². The van der Waals surface area contributed by atoms with Gasteiger partial charge in [-0.25, -0.2) is 18.6 Å². The summed E-state index contributed by atoms with van der Waals surface area (Å²) in [5.74, 6) is -1.43. The summed E-state index contributed by atoms with van der Waals surface area (Å²) >= 11 is 0. The van der Waals surface area contributed by atoms with Crippen LogP contribution in [0.15, 0.2) is 48.1 Å². The molecule has 0 aromatic heterocycles. The van der Waals surface area contributed by atoms with Crippen LogP contribution in [0, 0.1) is 11.7 Å². The van der Waals surface area contributed by atoms with Crippen LogP contribution in [0.3, 0.4) is 0 Å². The Labute approximate surface area is 170 Å². The Kier molecular flexibility index (Phi) is 9.68. The van der Waals surface area contributed by atoms with Crippen LogP contribution < -0.4 is 11.2 Å². The van der Waals surface area contributed by atoms with Crippen LogP contribution in [0.25, 0.3) is 5.70 Å². The van der Waals surface area contributed by atoms with Crippen molar-refractivity contribution in [3.63, 3.8) is 0 Å². The van der Waals surface area contributed by atoms with E-state index in [1.54, 1.807) is 12.1 Å². The molecule has 0 spiro atoms. The van der Waals surface area contributed by atoms with Crippen LogP contribution in [0.5, 0.6) is 0 Å². The van der Waals surface area contributed by atoms with Crippen molar-refractivity contribution in [1.82, 2.24) is 10.4 Å². The third kappa shape index (κ3) is 7.42. The van der Waals surface area contributed by atoms with Gasteiger partial charge < -0.3 is 10.7 Å². The van der Waals surface area contributed by atoms with Gasteiger partial charge >= 0.3 is 0 Å². The largest absolute Gasteiger partial charge is 0.366 e. The smallest absolute Gasteiger partial charge is 0.248 e. The molecule has 1 aromatic rings. The second kappa shape index (κ2) is 11.5. The number of benzene rings is 1. The summed E-state index contributed by atoms with van der Waals surface area (Å²) < 4.78 is 37.7. The molecule has 3 rings (SSSR count). The highest BCUT2D eigenvalue weighted by Gasteiger charge is 2.35. The predicted molar refractivity (Wildman–Crippen MR) is 111 cm³/mol. The number of halogens is 3. The third-order valence-electron chi connectivity index (χ3n) is 4.31. The molecule has 4 nitrogen and oxygen atoms in total. The van der Waals surface area contributed by atoms with E-state index in [-0.39, 0.29) is 11.6 Å². The fourth-order valence-electron chi connectivity index (χ4n) is 2.73. The van der Waals surface area contributed by atoms with Crippen molar-refractivity contribution < 1.29 is 18.0 Å². The summed E-state index contributed by atoms with van der Waals surface area (Å²) in [5.41, 5.74) is 9.94. The Morgan fingerprint density at radius 1 is 1.28 bits per heavy atom. The Morgan fingerprint density at radius 2 is 1.90 bits per heavy atom. The number of carbonyl (C=O) groups excluding carboxylic acids is 1. The lowest BCUT2D eigenvalue weighted by atomic mass is 10.1. The molecule has 1 heterocycles. The molecule has 1 aliphatic heterocycles. The van der Waals surface area contributed by atoms with Gasteiger partial charge in [0.25, 0.3) is 0 Å². The number of hydrazine groups is 1. The molecule has 1 amide bonds. The maximum absolute atomic E-state index is 14.1. The first-order valence-corrected chi connectivity index (χ1v) is 9.70. The Hall–Kier alpha value is -2.54. The van der Waals surface area contributed by atoms with Gasteiger partial charge in [-0.1, -0.05) is 19.9 Å². The topological polar surface area (TPSA) is 58.4 Å². The molecule has 7 heteroatoms. The van der Waals surface area contributed by atoms with E-state index in [0.717, 1.165) is 11.8 Å². The molecule has 29 heavy (non-hydrogen) atoms. The predicted octanol–water partition coefficient (Wildman–Crippen LogP) is 5.25. The van der Waals surface area contributed by atoms with E-state index in [1.165, 1.54) is 38.8 Å². The van der Waals surface area contributed by atoms with E-state index in [2.05, 4.69) is 11.5 Å². The van der Waals surface area contributed by atoms with Crippen LogP contribution in [-0.4, -0.2) is 24.0 Å². The monoisotopic (exact) mass is 409 g/mol. The van der Waals surface area contributed by atoms with Crippen LogP contribution in [0.4, 0.5) is 13.2 Å². The van der Waals surface area contributed by atoms with E-state index in [9.17, 15) is 18.0 Å². The first kappa shape index (κ1) is 24.5. The zero-order valence-corrected chi connectivity index (χ0v) is 17.6. The maximum Gasteiger partial charge on any atom is 0.248 e. The standard InChI is InChI=1S/C14H16FN3O.C6H8F2.C2H6/c1-18-13(7-12(17-18)8-2-3-8)10-5-4-9(14(16)19)6-11(10)15;1-3-6(8)4-5(2)7;1-2/h4-8,12,17H,2-3H2,1H3,(H2,16,19);3-4H,1-2H3;1-2H3/b;5-4+,6-3+;. The van der Waals surface area contributed by atoms with E-state index >= 15 is 0 Å². The number of amides is 1. The summed E-state index contributed by atoms with van der Waals surface area (Å²) in [6.45, 7) is 6.71. The van der Waals surface area contributed by atoms with Gasteiger partial charge in [-0.15, -0.1) is 0 Å². The van der Waals surface area contributed by atoms with Crippen molar-refractivity contribution in [1.29, 1.82) is 0 Å². The van der Waals surface area contributed by atoms with Gasteiger partial charge in [0.1, 0.15) is 11.6 Å². The summed E-state index contributed by atoms with van der Waals surface area (Å²) in [7, 11) is 1.87. The molecule has 160 valence electrons. The fourth-order valence-corrected chi connectivity index (χ4v) is 2.73. The summed E-state index contributed by atoms with van der Waals surface area (Å²) in [6.07, 6.45) is 6.53. The Morgan fingerprint density at radius 3 is 2.31 bits per heavy atom. The van der Waals surface area contributed by atoms with E-state index in [0.29, 0.717) is 11.5 Å². The van der Waals surface area contributed by atoms with Crippen LogP contribution in [-0.2, 0) is 0 Å². The summed E-state index contributed by atoms with van der Waals surface area (Å²) in [4.78, 5) is 11.0. The number of carbonyl (C=O) groups is 1. The lowest BCUT2D eigenvalue weighted by Gasteiger charge is -2.19. The molecule has 2 aliphatic rings. The molecule has 1 unspecified atom stereocenters. The van der Waals surface area contributed by atoms with Gasteiger partial charge in [0, 0.05) is 30.3 Å². The second-order valence-corrected chi connectivity index (χ2v) is 6.57. The number of hydrogen-bond acceptors (Lipinski definition) is 3. The molecular formula is C22H30F3N3O. The zero-order chi connectivity index (χ0) is 22.1. The molecular weight excluding hydrogens is 379 g/mol. The number of nitrogens with zero attached hydrogens (tertiary/aromatic N) is 1. The minimum Gasteiger partial charge on any atom is -0.366 e. The minimum absolute atomic E-state index is 0.189. The third-order valence-corrected chi connectivity index (χ3v) is 4.31. The molecule has 1 saturated carbocycles. The number of allylic oxidation sites excluding steroid dienone is 4. The molecule has 1 fully saturated rings. The van der Waals surface area contributed by atoms with Gasteiger partial charge in [-0.05, 0) is 56.9 Å². The summed E-state index contributed by atoms with van der Waals surface area (Å²) in [5, 5.41) is 1.84. The number of rotatable bonds is 4. The molecule has 1 aromatic carbocycles. The highest BCUT2D eigenvalue weighted by atomic mass is 19.1. The summed E-state index contributed by atoms with van der Waals surface area (Å²) in [6, 6.07) is 4.64. The molecule has 0 saturated heterocycles. The van der Waals surface area contributed by atoms with Crippen molar-refractivity contribution >= 4 is 11.6 Å². The van der Waals surface area contributed by atoms with E-state index < -0.39 is 23.4 Å². The zero-order valence-electron chi connectivity index (χ0n) is 17.6. The van der Waals surface area contributed by atoms with Crippen molar-refractivity contribution in [3.8, 4) is 0 Å². The van der Waals surface area contributed by atoms with Crippen molar-refractivity contribution in [2.24, 2.45) is 11.7 Å². The first-order valence-electron chi connectivity index (χ1n) is 9.70. The average molecular weight is 409 g/mol. The number of nitrogens with one attached hydrogen (secondary N) is 1. The molecule has 0 bridgehead atoms. The lowest BCUT2D eigenvalue weighted by Crippen LogP contribution is -2.34. The number of primary amides is 1. The Bertz CT molecular complexity index is 794. The lowest BCUT2D eigenvalue weighted by molar-refractivity contribution is 0.1000. The molecule has 3 N–H and O–H groups in total. The highest BCUT2D eigenvalue weighted by molar-refractivity contribution is 5.93. The quantitative estimate of drug-likeness (QED) is 0.668. The van der Waals surface area contributed by atoms with Crippen molar-refractivity contribution in [2.75, 3.05) is 7.05 Å². The van der Waals surface area contributed by atoms with Gasteiger partial charge in [0.2, 0.25) is 5.91 Å². The second-order valence-electron chi connectivity index (χ2n) is 6.57. The van der Waals surface area contributed by atoms with E-state index in [1.807, 2.05) is 25.9 Å². The number of nitrogens with two attached hydrogens (primary N) is 1. The molecule has 1 atom stereocenters. The average Bonchev–Trinajstić information content (AvgIpc) is 3.46. The maximum atomic E-state index is 14.1. The number of hydrogen-bond donors (Lipinski definition) is 2. The molecule has 0 radical (unpaired) electrons. The van der Waals surface area contributed by atoms with Crippen molar-refractivity contribution in [2.45, 2.75) is 46.6 Å². The normalized spacial score (nSPS) is 19.0. The van der Waals surface area contributed by atoms with Crippen LogP contribution in [0.2, 0.25) is 0 Å². The SMILES string of the molecule is C/C=C(F)\C=C(/C)F.CC.CN1NC(C2CC2)C=C1c1ccc(C(N)=O)cc1F. The van der Waals surface area contributed by atoms with Gasteiger partial charge in [-0.3, -0.25) is 4.79 Å². The van der Waals surface area contributed by atoms with E-state index in [4.69, 9.17) is 5.73 Å². The molecule has 1 aliphatic carbocycles. The van der Waals surface area contributed by atoms with Crippen LogP contribution in [0.1, 0.15) is 56.5 Å². The minimum atomic E-state index is -0.617. The fraction of sp³-hybridized carbons (Fsp3) is 0.409. The Balaban J connectivity index is 0.000000358. The first-order chi connectivity index (χ1) is 13.7. The van der Waals surface area contributed by atoms with Gasteiger partial charge in [-0.2, -0.15) is 0 Å². The highest BCUT2D eigenvalue weighted by Crippen LogP contribution is 2.37.